The van der Waals surface area contributed by atoms with E-state index in [2.05, 4.69) is 43.5 Å². The van der Waals surface area contributed by atoms with Gasteiger partial charge in [0.25, 0.3) is 0 Å². The van der Waals surface area contributed by atoms with E-state index in [4.69, 9.17) is 0 Å². The van der Waals surface area contributed by atoms with E-state index in [9.17, 15) is 4.79 Å². The molecular weight excluding hydrogens is 260 g/mol. The van der Waals surface area contributed by atoms with Crippen molar-refractivity contribution in [1.29, 1.82) is 0 Å². The Morgan fingerprint density at radius 2 is 1.76 bits per heavy atom. The molecule has 2 rings (SSSR count). The minimum Gasteiger partial charge on any atom is -0.326 e. The minimum absolute atomic E-state index is 0.0870. The van der Waals surface area contributed by atoms with Crippen LogP contribution in [0.3, 0.4) is 0 Å². The summed E-state index contributed by atoms with van der Waals surface area (Å²) in [4.78, 5) is 11.9. The molecule has 0 unspecified atom stereocenters. The molecule has 116 valence electrons. The molecule has 0 heterocycles. The van der Waals surface area contributed by atoms with Gasteiger partial charge < -0.3 is 10.6 Å². The molecule has 1 amide bonds. The van der Waals surface area contributed by atoms with Crippen molar-refractivity contribution in [2.75, 3.05) is 11.9 Å². The van der Waals surface area contributed by atoms with Crippen LogP contribution in [-0.4, -0.2) is 18.5 Å². The van der Waals surface area contributed by atoms with Crippen molar-refractivity contribution in [3.8, 4) is 0 Å². The van der Waals surface area contributed by atoms with Gasteiger partial charge in [-0.25, -0.2) is 0 Å². The highest BCUT2D eigenvalue weighted by atomic mass is 16.1. The maximum Gasteiger partial charge on any atom is 0.225 e. The number of anilines is 1. The van der Waals surface area contributed by atoms with Gasteiger partial charge in [-0.05, 0) is 36.0 Å². The van der Waals surface area contributed by atoms with Crippen molar-refractivity contribution in [1.82, 2.24) is 5.32 Å². The van der Waals surface area contributed by atoms with Crippen molar-refractivity contribution in [2.24, 2.45) is 0 Å². The van der Waals surface area contributed by atoms with Gasteiger partial charge in [0, 0.05) is 24.7 Å². The largest absolute Gasteiger partial charge is 0.326 e. The second kappa shape index (κ2) is 7.08. The van der Waals surface area contributed by atoms with Crippen molar-refractivity contribution in [2.45, 2.75) is 64.3 Å². The number of rotatable bonds is 5. The molecule has 21 heavy (non-hydrogen) atoms. The molecule has 3 heteroatoms. The smallest absolute Gasteiger partial charge is 0.225 e. The third kappa shape index (κ3) is 5.16. The van der Waals surface area contributed by atoms with E-state index in [1.54, 1.807) is 0 Å². The summed E-state index contributed by atoms with van der Waals surface area (Å²) in [6.07, 6.45) is 5.71. The Kier molecular flexibility index (Phi) is 5.40. The van der Waals surface area contributed by atoms with E-state index in [1.165, 1.54) is 31.2 Å². The first-order valence-electron chi connectivity index (χ1n) is 8.09. The molecule has 1 aliphatic carbocycles. The van der Waals surface area contributed by atoms with Gasteiger partial charge in [-0.15, -0.1) is 0 Å². The topological polar surface area (TPSA) is 41.1 Å². The van der Waals surface area contributed by atoms with Crippen LogP contribution >= 0.6 is 0 Å². The average Bonchev–Trinajstić information content (AvgIpc) is 2.91. The summed E-state index contributed by atoms with van der Waals surface area (Å²) < 4.78 is 0. The number of nitrogens with one attached hydrogen (secondary N) is 2. The predicted octanol–water partition coefficient (Wildman–Crippen LogP) is 3.84. The molecule has 0 saturated heterocycles. The summed E-state index contributed by atoms with van der Waals surface area (Å²) in [6.45, 7) is 7.34. The Balaban J connectivity index is 1.74. The Morgan fingerprint density at radius 3 is 2.33 bits per heavy atom. The Bertz CT molecular complexity index is 453. The van der Waals surface area contributed by atoms with Crippen molar-refractivity contribution in [3.05, 3.63) is 29.8 Å². The molecule has 0 bridgehead atoms. The van der Waals surface area contributed by atoms with Crippen LogP contribution in [0.1, 0.15) is 58.4 Å². The van der Waals surface area contributed by atoms with Crippen LogP contribution in [0, 0.1) is 0 Å². The van der Waals surface area contributed by atoms with Gasteiger partial charge in [0.1, 0.15) is 0 Å². The maximum atomic E-state index is 11.9. The Labute approximate surface area is 128 Å². The molecular formula is C18H28N2O. The molecule has 0 aliphatic heterocycles. The van der Waals surface area contributed by atoms with E-state index in [-0.39, 0.29) is 11.3 Å². The highest BCUT2D eigenvalue weighted by Crippen LogP contribution is 2.23. The van der Waals surface area contributed by atoms with E-state index >= 15 is 0 Å². The Morgan fingerprint density at radius 1 is 1.14 bits per heavy atom. The quantitative estimate of drug-likeness (QED) is 0.864. The van der Waals surface area contributed by atoms with Crippen LogP contribution in [0.5, 0.6) is 0 Å². The van der Waals surface area contributed by atoms with Gasteiger partial charge in [-0.2, -0.15) is 0 Å². The SMILES string of the molecule is CC(C)(C)c1ccc(NC(=O)CCNC2CCCC2)cc1. The standard InChI is InChI=1S/C18H28N2O/c1-18(2,3)14-8-10-16(11-9-14)20-17(21)12-13-19-15-6-4-5-7-15/h8-11,15,19H,4-7,12-13H2,1-3H3,(H,20,21). The summed E-state index contributed by atoms with van der Waals surface area (Å²) in [7, 11) is 0. The van der Waals surface area contributed by atoms with Crippen LogP contribution in [0.2, 0.25) is 0 Å². The summed E-state index contributed by atoms with van der Waals surface area (Å²) in [6, 6.07) is 8.79. The van der Waals surface area contributed by atoms with Gasteiger partial charge in [-0.3, -0.25) is 4.79 Å². The summed E-state index contributed by atoms with van der Waals surface area (Å²) in [5.41, 5.74) is 2.31. The van der Waals surface area contributed by atoms with E-state index in [1.807, 2.05) is 12.1 Å². The monoisotopic (exact) mass is 288 g/mol. The zero-order valence-electron chi connectivity index (χ0n) is 13.5. The lowest BCUT2D eigenvalue weighted by Crippen LogP contribution is -2.29. The minimum atomic E-state index is 0.0870. The zero-order valence-corrected chi connectivity index (χ0v) is 13.5. The number of benzene rings is 1. The summed E-state index contributed by atoms with van der Waals surface area (Å²) >= 11 is 0. The van der Waals surface area contributed by atoms with Crippen molar-refractivity contribution >= 4 is 11.6 Å². The zero-order chi connectivity index (χ0) is 15.3. The summed E-state index contributed by atoms with van der Waals surface area (Å²) in [5, 5.41) is 6.43. The van der Waals surface area contributed by atoms with E-state index < -0.39 is 0 Å². The lowest BCUT2D eigenvalue weighted by atomic mass is 9.87. The first-order valence-corrected chi connectivity index (χ1v) is 8.09. The van der Waals surface area contributed by atoms with Crippen LogP contribution in [0.25, 0.3) is 0 Å². The normalized spacial score (nSPS) is 16.1. The van der Waals surface area contributed by atoms with Crippen molar-refractivity contribution in [3.63, 3.8) is 0 Å². The molecule has 0 spiro atoms. The van der Waals surface area contributed by atoms with Gasteiger partial charge >= 0.3 is 0 Å². The number of hydrogen-bond donors (Lipinski definition) is 2. The molecule has 1 aromatic carbocycles. The molecule has 1 fully saturated rings. The average molecular weight is 288 g/mol. The number of amides is 1. The van der Waals surface area contributed by atoms with E-state index in [0.717, 1.165) is 12.2 Å². The third-order valence-corrected chi connectivity index (χ3v) is 4.17. The van der Waals surface area contributed by atoms with Crippen molar-refractivity contribution < 1.29 is 4.79 Å². The fourth-order valence-corrected chi connectivity index (χ4v) is 2.80. The maximum absolute atomic E-state index is 11.9. The van der Waals surface area contributed by atoms with Crippen LogP contribution < -0.4 is 10.6 Å². The number of hydrogen-bond acceptors (Lipinski definition) is 2. The first-order chi connectivity index (χ1) is 9.95. The second-order valence-corrected chi connectivity index (χ2v) is 7.06. The fourth-order valence-electron chi connectivity index (χ4n) is 2.80. The van der Waals surface area contributed by atoms with Crippen LogP contribution in [0.4, 0.5) is 5.69 Å². The Hall–Kier alpha value is -1.35. The lowest BCUT2D eigenvalue weighted by molar-refractivity contribution is -0.116. The summed E-state index contributed by atoms with van der Waals surface area (Å²) in [5.74, 6) is 0.0870. The van der Waals surface area contributed by atoms with Crippen LogP contribution in [-0.2, 0) is 10.2 Å². The fraction of sp³-hybridized carbons (Fsp3) is 0.611. The van der Waals surface area contributed by atoms with Crippen LogP contribution in [0.15, 0.2) is 24.3 Å². The van der Waals surface area contributed by atoms with Gasteiger partial charge in [0.15, 0.2) is 0 Å². The molecule has 1 aromatic rings. The van der Waals surface area contributed by atoms with Gasteiger partial charge in [0.2, 0.25) is 5.91 Å². The molecule has 1 aliphatic rings. The van der Waals surface area contributed by atoms with Gasteiger partial charge in [0.05, 0.1) is 0 Å². The lowest BCUT2D eigenvalue weighted by Gasteiger charge is -2.19. The first kappa shape index (κ1) is 16.0. The second-order valence-electron chi connectivity index (χ2n) is 7.06. The molecule has 3 nitrogen and oxygen atoms in total. The van der Waals surface area contributed by atoms with E-state index in [0.29, 0.717) is 12.5 Å². The molecule has 2 N–H and O–H groups in total. The number of carbonyl (C=O) groups is 1. The third-order valence-electron chi connectivity index (χ3n) is 4.17. The highest BCUT2D eigenvalue weighted by Gasteiger charge is 2.15. The number of carbonyl (C=O) groups excluding carboxylic acids is 1. The molecule has 0 aromatic heterocycles. The predicted molar refractivity (Wildman–Crippen MR) is 88.6 cm³/mol. The molecule has 0 radical (unpaired) electrons. The van der Waals surface area contributed by atoms with Gasteiger partial charge in [-0.1, -0.05) is 45.7 Å². The molecule has 1 saturated carbocycles. The molecule has 0 atom stereocenters. The highest BCUT2D eigenvalue weighted by molar-refractivity contribution is 5.90.